The van der Waals surface area contributed by atoms with Crippen LogP contribution in [0.4, 0.5) is 17.3 Å². The third-order valence-electron chi connectivity index (χ3n) is 7.28. The van der Waals surface area contributed by atoms with Crippen LogP contribution in [0.5, 0.6) is 0 Å². The third kappa shape index (κ3) is 4.63. The molecule has 2 fully saturated rings. The maximum atomic E-state index is 13.1. The van der Waals surface area contributed by atoms with Crippen LogP contribution in [0.3, 0.4) is 0 Å². The number of aromatic nitrogens is 4. The second-order valence-corrected chi connectivity index (χ2v) is 10.4. The van der Waals surface area contributed by atoms with Gasteiger partial charge in [0.25, 0.3) is 5.91 Å². The van der Waals surface area contributed by atoms with Gasteiger partial charge in [-0.3, -0.25) is 9.48 Å². The Hall–Kier alpha value is -4.52. The predicted octanol–water partition coefficient (Wildman–Crippen LogP) is 7.01. The maximum absolute atomic E-state index is 13.1. The highest BCUT2D eigenvalue weighted by molar-refractivity contribution is 6.05. The van der Waals surface area contributed by atoms with Crippen LogP contribution in [0.25, 0.3) is 22.0 Å². The van der Waals surface area contributed by atoms with E-state index in [0.717, 1.165) is 39.0 Å². The van der Waals surface area contributed by atoms with Crippen LogP contribution in [0, 0.1) is 6.92 Å². The lowest BCUT2D eigenvalue weighted by atomic mass is 9.93. The van der Waals surface area contributed by atoms with E-state index in [9.17, 15) is 4.79 Å². The summed E-state index contributed by atoms with van der Waals surface area (Å²) in [5.41, 5.74) is 7.77. The van der Waals surface area contributed by atoms with Gasteiger partial charge in [-0.15, -0.1) is 0 Å². The summed E-state index contributed by atoms with van der Waals surface area (Å²) in [6.07, 6.45) is 10.4. The van der Waals surface area contributed by atoms with E-state index in [0.29, 0.717) is 23.5 Å². The molecule has 0 saturated heterocycles. The number of benzene rings is 3. The lowest BCUT2D eigenvalue weighted by Crippen LogP contribution is -2.12. The molecule has 2 saturated carbocycles. The minimum absolute atomic E-state index is 0.107. The number of hydrogen-bond donors (Lipinski definition) is 2. The number of carbonyl (C=O) groups is 1. The minimum atomic E-state index is -0.107. The number of amides is 1. The summed E-state index contributed by atoms with van der Waals surface area (Å²) in [7, 11) is 0. The van der Waals surface area contributed by atoms with E-state index in [-0.39, 0.29) is 5.91 Å². The molecule has 0 aliphatic heterocycles. The zero-order valence-corrected chi connectivity index (χ0v) is 21.2. The highest BCUT2D eigenvalue weighted by Crippen LogP contribution is 2.45. The van der Waals surface area contributed by atoms with Crippen LogP contribution in [0.1, 0.15) is 59.1 Å². The summed E-state index contributed by atoms with van der Waals surface area (Å²) in [5.74, 6) is 0.993. The van der Waals surface area contributed by atoms with Crippen molar-refractivity contribution in [3.63, 3.8) is 0 Å². The van der Waals surface area contributed by atoms with Crippen LogP contribution in [0.15, 0.2) is 79.3 Å². The van der Waals surface area contributed by atoms with Crippen molar-refractivity contribution in [2.75, 3.05) is 10.6 Å². The molecule has 0 atom stereocenters. The highest BCUT2D eigenvalue weighted by atomic mass is 16.1. The number of anilines is 3. The van der Waals surface area contributed by atoms with Crippen LogP contribution in [0.2, 0.25) is 0 Å². The Morgan fingerprint density at radius 1 is 0.947 bits per heavy atom. The first-order valence-corrected chi connectivity index (χ1v) is 13.2. The largest absolute Gasteiger partial charge is 0.322 e. The quantitative estimate of drug-likeness (QED) is 0.251. The van der Waals surface area contributed by atoms with Crippen molar-refractivity contribution in [2.45, 2.75) is 44.6 Å². The minimum Gasteiger partial charge on any atom is -0.322 e. The summed E-state index contributed by atoms with van der Waals surface area (Å²) in [4.78, 5) is 22.4. The van der Waals surface area contributed by atoms with Gasteiger partial charge in [-0.05, 0) is 97.2 Å². The molecule has 7 heteroatoms. The van der Waals surface area contributed by atoms with Gasteiger partial charge in [0.2, 0.25) is 5.95 Å². The molecule has 1 amide bonds. The van der Waals surface area contributed by atoms with Gasteiger partial charge in [0.15, 0.2) is 0 Å². The van der Waals surface area contributed by atoms with Gasteiger partial charge >= 0.3 is 0 Å². The van der Waals surface area contributed by atoms with E-state index in [1.165, 1.54) is 31.2 Å². The molecule has 188 valence electrons. The lowest BCUT2D eigenvalue weighted by molar-refractivity contribution is 0.102. The molecule has 38 heavy (non-hydrogen) atoms. The van der Waals surface area contributed by atoms with Crippen molar-refractivity contribution < 1.29 is 4.79 Å². The molecule has 0 unspecified atom stereocenters. The van der Waals surface area contributed by atoms with Crippen LogP contribution in [-0.2, 0) is 0 Å². The molecule has 2 heterocycles. The van der Waals surface area contributed by atoms with Gasteiger partial charge in [0.1, 0.15) is 0 Å². The highest BCUT2D eigenvalue weighted by Gasteiger charge is 2.27. The Labute approximate surface area is 221 Å². The molecule has 0 bridgehead atoms. The van der Waals surface area contributed by atoms with Crippen LogP contribution < -0.4 is 10.6 Å². The first-order chi connectivity index (χ1) is 18.6. The monoisotopic (exact) mass is 500 g/mol. The number of aryl methyl sites for hydroxylation is 1. The number of nitrogens with zero attached hydrogens (tertiary/aromatic N) is 4. The van der Waals surface area contributed by atoms with Crippen LogP contribution >= 0.6 is 0 Å². The second kappa shape index (κ2) is 9.10. The molecule has 0 spiro atoms. The van der Waals surface area contributed by atoms with E-state index in [1.54, 1.807) is 0 Å². The van der Waals surface area contributed by atoms with Crippen molar-refractivity contribution in [1.82, 2.24) is 19.7 Å². The fourth-order valence-corrected chi connectivity index (χ4v) is 4.96. The standard InChI is InChI=1S/C31H28N6O/c1-19-3-2-4-24(13-19)34-30(38)22-7-11-27(20-5-6-20)28(15-22)21-8-12-29-23(14-21)16-32-31(36-29)35-25-17-33-37(18-25)26-9-10-26/h2-4,7-8,11-18,20,26H,5-6,9-10H2,1H3,(H,34,38)(H,32,35,36). The first kappa shape index (κ1) is 22.7. The SMILES string of the molecule is Cc1cccc(NC(=O)c2ccc(C3CC3)c(-c3ccc4nc(Nc5cnn(C6CC6)c5)ncc4c3)c2)c1. The van der Waals surface area contributed by atoms with Crippen molar-refractivity contribution in [1.29, 1.82) is 0 Å². The Balaban J connectivity index is 1.17. The zero-order valence-electron chi connectivity index (χ0n) is 21.2. The Morgan fingerprint density at radius 3 is 2.66 bits per heavy atom. The molecule has 0 radical (unpaired) electrons. The summed E-state index contributed by atoms with van der Waals surface area (Å²) in [6, 6.07) is 20.7. The summed E-state index contributed by atoms with van der Waals surface area (Å²) < 4.78 is 2.00. The molecule has 2 aliphatic rings. The summed E-state index contributed by atoms with van der Waals surface area (Å²) >= 11 is 0. The second-order valence-electron chi connectivity index (χ2n) is 10.4. The van der Waals surface area contributed by atoms with Gasteiger partial charge < -0.3 is 10.6 Å². The normalized spacial score (nSPS) is 15.0. The first-order valence-electron chi connectivity index (χ1n) is 13.2. The number of carbonyl (C=O) groups excluding carboxylic acids is 1. The number of fused-ring (bicyclic) bond motifs is 1. The molecule has 5 aromatic rings. The fourth-order valence-electron chi connectivity index (χ4n) is 4.96. The van der Waals surface area contributed by atoms with Crippen LogP contribution in [-0.4, -0.2) is 25.7 Å². The Bertz CT molecular complexity index is 1680. The molecular formula is C31H28N6O. The zero-order chi connectivity index (χ0) is 25.6. The maximum Gasteiger partial charge on any atom is 0.255 e. The molecule has 2 aromatic heterocycles. The average molecular weight is 501 g/mol. The topological polar surface area (TPSA) is 84.7 Å². The molecule has 2 N–H and O–H groups in total. The molecule has 3 aromatic carbocycles. The smallest absolute Gasteiger partial charge is 0.255 e. The van der Waals surface area contributed by atoms with E-state index in [4.69, 9.17) is 4.98 Å². The molecule has 7 rings (SSSR count). The average Bonchev–Trinajstić information content (AvgIpc) is 3.87. The van der Waals surface area contributed by atoms with E-state index in [2.05, 4.69) is 38.9 Å². The fraction of sp³-hybridized carbons (Fsp3) is 0.226. The van der Waals surface area contributed by atoms with Gasteiger partial charge in [0, 0.05) is 29.0 Å². The number of nitrogens with one attached hydrogen (secondary N) is 2. The predicted molar refractivity (Wildman–Crippen MR) is 150 cm³/mol. The number of hydrogen-bond acceptors (Lipinski definition) is 5. The van der Waals surface area contributed by atoms with Gasteiger partial charge in [-0.1, -0.05) is 24.3 Å². The van der Waals surface area contributed by atoms with E-state index >= 15 is 0 Å². The van der Waals surface area contributed by atoms with Crippen molar-refractivity contribution >= 4 is 34.1 Å². The molecular weight excluding hydrogens is 472 g/mol. The van der Waals surface area contributed by atoms with Gasteiger partial charge in [-0.2, -0.15) is 5.10 Å². The number of rotatable bonds is 7. The van der Waals surface area contributed by atoms with Gasteiger partial charge in [-0.25, -0.2) is 9.97 Å². The molecule has 7 nitrogen and oxygen atoms in total. The summed E-state index contributed by atoms with van der Waals surface area (Å²) in [6.45, 7) is 2.02. The molecule has 2 aliphatic carbocycles. The Morgan fingerprint density at radius 2 is 1.84 bits per heavy atom. The van der Waals surface area contributed by atoms with Crippen molar-refractivity contribution in [3.8, 4) is 11.1 Å². The van der Waals surface area contributed by atoms with E-state index < -0.39 is 0 Å². The van der Waals surface area contributed by atoms with E-state index in [1.807, 2.05) is 72.7 Å². The third-order valence-corrected chi connectivity index (χ3v) is 7.28. The Kier molecular flexibility index (Phi) is 5.43. The lowest BCUT2D eigenvalue weighted by Gasteiger charge is -2.13. The van der Waals surface area contributed by atoms with Crippen molar-refractivity contribution in [2.24, 2.45) is 0 Å². The van der Waals surface area contributed by atoms with Crippen molar-refractivity contribution in [3.05, 3.63) is 95.9 Å². The summed E-state index contributed by atoms with van der Waals surface area (Å²) in [5, 5.41) is 11.7. The van der Waals surface area contributed by atoms with Gasteiger partial charge in [0.05, 0.1) is 23.4 Å².